The highest BCUT2D eigenvalue weighted by Crippen LogP contribution is 2.26. The SMILES string of the molecule is CCOC(=O)CCNC(=O)C(c1cccc(O)c1)N(CC)C(=O)C(CCC(N)=O)NC(=O)OC(C)(C)C. The van der Waals surface area contributed by atoms with Crippen molar-refractivity contribution in [1.82, 2.24) is 15.5 Å². The molecular formula is C25H38N4O8. The summed E-state index contributed by atoms with van der Waals surface area (Å²) in [5.41, 5.74) is 4.72. The van der Waals surface area contributed by atoms with E-state index in [-0.39, 0.29) is 44.7 Å². The number of phenolic OH excluding ortho intramolecular Hbond substituents is 1. The number of ether oxygens (including phenoxy) is 2. The number of primary amides is 1. The average molecular weight is 523 g/mol. The molecule has 1 rings (SSSR count). The third kappa shape index (κ3) is 11.2. The highest BCUT2D eigenvalue weighted by atomic mass is 16.6. The van der Waals surface area contributed by atoms with Crippen molar-refractivity contribution in [1.29, 1.82) is 0 Å². The number of likely N-dealkylation sites (N-methyl/N-ethyl adjacent to an activating group) is 1. The Labute approximate surface area is 216 Å². The Bertz CT molecular complexity index is 960. The van der Waals surface area contributed by atoms with Crippen LogP contribution in [0.15, 0.2) is 24.3 Å². The van der Waals surface area contributed by atoms with Gasteiger partial charge in [-0.1, -0.05) is 12.1 Å². The molecule has 4 amide bonds. The van der Waals surface area contributed by atoms with E-state index in [0.717, 1.165) is 0 Å². The molecule has 0 aliphatic rings. The van der Waals surface area contributed by atoms with Crippen LogP contribution in [0.25, 0.3) is 0 Å². The van der Waals surface area contributed by atoms with E-state index < -0.39 is 47.5 Å². The van der Waals surface area contributed by atoms with Crippen LogP contribution in [-0.2, 0) is 28.7 Å². The van der Waals surface area contributed by atoms with Crippen molar-refractivity contribution >= 4 is 29.8 Å². The van der Waals surface area contributed by atoms with Crippen molar-refractivity contribution in [2.75, 3.05) is 19.7 Å². The molecule has 37 heavy (non-hydrogen) atoms. The lowest BCUT2D eigenvalue weighted by Gasteiger charge is -2.33. The van der Waals surface area contributed by atoms with Crippen molar-refractivity contribution in [2.24, 2.45) is 5.73 Å². The molecule has 0 heterocycles. The number of nitrogens with one attached hydrogen (secondary N) is 2. The summed E-state index contributed by atoms with van der Waals surface area (Å²) in [6.07, 6.45) is -1.28. The van der Waals surface area contributed by atoms with Gasteiger partial charge in [-0.05, 0) is 58.7 Å². The lowest BCUT2D eigenvalue weighted by Crippen LogP contribution is -2.53. The molecule has 0 aromatic heterocycles. The average Bonchev–Trinajstić information content (AvgIpc) is 2.78. The Morgan fingerprint density at radius 1 is 1.11 bits per heavy atom. The maximum absolute atomic E-state index is 13.6. The van der Waals surface area contributed by atoms with Crippen LogP contribution in [0.5, 0.6) is 5.75 Å². The molecule has 1 aromatic rings. The Morgan fingerprint density at radius 3 is 2.32 bits per heavy atom. The minimum absolute atomic E-state index is 0.0352. The van der Waals surface area contributed by atoms with Crippen molar-refractivity contribution < 1.29 is 38.6 Å². The number of amides is 4. The summed E-state index contributed by atoms with van der Waals surface area (Å²) in [6.45, 7) is 8.47. The molecular weight excluding hydrogens is 484 g/mol. The number of phenols is 1. The van der Waals surface area contributed by atoms with Gasteiger partial charge in [0.1, 0.15) is 23.4 Å². The van der Waals surface area contributed by atoms with Gasteiger partial charge in [-0.2, -0.15) is 0 Å². The summed E-state index contributed by atoms with van der Waals surface area (Å²) in [5.74, 6) is -2.57. The maximum atomic E-state index is 13.6. The van der Waals surface area contributed by atoms with Gasteiger partial charge in [-0.3, -0.25) is 19.2 Å². The van der Waals surface area contributed by atoms with E-state index >= 15 is 0 Å². The van der Waals surface area contributed by atoms with E-state index in [0.29, 0.717) is 5.56 Å². The third-order valence-electron chi connectivity index (χ3n) is 4.97. The van der Waals surface area contributed by atoms with Gasteiger partial charge >= 0.3 is 12.1 Å². The molecule has 2 unspecified atom stereocenters. The molecule has 12 heteroatoms. The molecule has 12 nitrogen and oxygen atoms in total. The van der Waals surface area contributed by atoms with Crippen LogP contribution in [0.2, 0.25) is 0 Å². The van der Waals surface area contributed by atoms with E-state index in [2.05, 4.69) is 10.6 Å². The predicted molar refractivity (Wildman–Crippen MR) is 134 cm³/mol. The zero-order valence-electron chi connectivity index (χ0n) is 22.0. The first-order valence-electron chi connectivity index (χ1n) is 12.1. The number of hydrogen-bond acceptors (Lipinski definition) is 8. The first-order valence-corrected chi connectivity index (χ1v) is 12.1. The zero-order valence-corrected chi connectivity index (χ0v) is 22.0. The number of benzene rings is 1. The van der Waals surface area contributed by atoms with Crippen LogP contribution >= 0.6 is 0 Å². The summed E-state index contributed by atoms with van der Waals surface area (Å²) < 4.78 is 10.1. The second kappa shape index (κ2) is 14.7. The monoisotopic (exact) mass is 522 g/mol. The molecule has 0 fully saturated rings. The first-order chi connectivity index (χ1) is 17.3. The summed E-state index contributed by atoms with van der Waals surface area (Å²) in [6, 6.07) is 3.39. The number of nitrogens with zero attached hydrogens (tertiary/aromatic N) is 1. The second-order valence-electron chi connectivity index (χ2n) is 9.17. The van der Waals surface area contributed by atoms with Gasteiger partial charge in [0, 0.05) is 19.5 Å². The fourth-order valence-electron chi connectivity index (χ4n) is 3.44. The summed E-state index contributed by atoms with van der Waals surface area (Å²) in [5, 5.41) is 15.1. The number of rotatable bonds is 13. The number of carbonyl (C=O) groups excluding carboxylic acids is 5. The molecule has 0 saturated heterocycles. The minimum atomic E-state index is -1.23. The number of aromatic hydroxyl groups is 1. The van der Waals surface area contributed by atoms with Crippen molar-refractivity contribution in [2.45, 2.75) is 71.6 Å². The van der Waals surface area contributed by atoms with Crippen LogP contribution in [0.4, 0.5) is 4.79 Å². The van der Waals surface area contributed by atoms with E-state index in [1.165, 1.54) is 23.1 Å². The quantitative estimate of drug-likeness (QED) is 0.282. The highest BCUT2D eigenvalue weighted by molar-refractivity contribution is 5.92. The van der Waals surface area contributed by atoms with Crippen LogP contribution in [0.1, 0.15) is 65.5 Å². The molecule has 5 N–H and O–H groups in total. The maximum Gasteiger partial charge on any atom is 0.408 e. The minimum Gasteiger partial charge on any atom is -0.508 e. The molecule has 2 atom stereocenters. The smallest absolute Gasteiger partial charge is 0.408 e. The number of hydrogen-bond donors (Lipinski definition) is 4. The second-order valence-corrected chi connectivity index (χ2v) is 9.17. The molecule has 0 bridgehead atoms. The number of nitrogens with two attached hydrogens (primary N) is 1. The largest absolute Gasteiger partial charge is 0.508 e. The molecule has 0 aliphatic heterocycles. The molecule has 0 aliphatic carbocycles. The van der Waals surface area contributed by atoms with Crippen LogP contribution in [-0.4, -0.2) is 71.1 Å². The van der Waals surface area contributed by atoms with Gasteiger partial charge in [-0.25, -0.2) is 4.79 Å². The summed E-state index contributed by atoms with van der Waals surface area (Å²) in [4.78, 5) is 63.6. The van der Waals surface area contributed by atoms with Crippen LogP contribution in [0.3, 0.4) is 0 Å². The van der Waals surface area contributed by atoms with Crippen molar-refractivity contribution in [3.8, 4) is 5.75 Å². The number of esters is 1. The van der Waals surface area contributed by atoms with Gasteiger partial charge in [0.2, 0.25) is 17.7 Å². The normalized spacial score (nSPS) is 12.6. The molecule has 0 spiro atoms. The van der Waals surface area contributed by atoms with Gasteiger partial charge in [0.15, 0.2) is 0 Å². The van der Waals surface area contributed by atoms with Crippen molar-refractivity contribution in [3.05, 3.63) is 29.8 Å². The van der Waals surface area contributed by atoms with Gasteiger partial charge < -0.3 is 35.8 Å². The fraction of sp³-hybridized carbons (Fsp3) is 0.560. The number of alkyl carbamates (subject to hydrolysis) is 1. The molecule has 206 valence electrons. The Hall–Kier alpha value is -3.83. The van der Waals surface area contributed by atoms with E-state index in [9.17, 15) is 29.1 Å². The number of carbonyl (C=O) groups is 5. The lowest BCUT2D eigenvalue weighted by atomic mass is 10.0. The van der Waals surface area contributed by atoms with Crippen LogP contribution < -0.4 is 16.4 Å². The van der Waals surface area contributed by atoms with Gasteiger partial charge in [0.25, 0.3) is 0 Å². The zero-order chi connectivity index (χ0) is 28.2. The third-order valence-corrected chi connectivity index (χ3v) is 4.97. The summed E-state index contributed by atoms with van der Waals surface area (Å²) >= 11 is 0. The predicted octanol–water partition coefficient (Wildman–Crippen LogP) is 1.51. The Kier molecular flexibility index (Phi) is 12.4. The van der Waals surface area contributed by atoms with Crippen molar-refractivity contribution in [3.63, 3.8) is 0 Å². The van der Waals surface area contributed by atoms with E-state index in [4.69, 9.17) is 15.2 Å². The molecule has 1 aromatic carbocycles. The highest BCUT2D eigenvalue weighted by Gasteiger charge is 2.35. The fourth-order valence-corrected chi connectivity index (χ4v) is 3.44. The Morgan fingerprint density at radius 2 is 1.78 bits per heavy atom. The van der Waals surface area contributed by atoms with Gasteiger partial charge in [0.05, 0.1) is 13.0 Å². The standard InChI is InChI=1S/C25H38N4O8/c1-6-29(23(34)18(11-12-19(26)31)28-24(35)37-25(3,4)5)21(16-9-8-10-17(30)15-16)22(33)27-14-13-20(32)36-7-2/h8-10,15,18,21,30H,6-7,11-14H2,1-5H3,(H2,26,31)(H,27,33)(H,28,35). The molecule has 0 radical (unpaired) electrons. The Balaban J connectivity index is 3.28. The summed E-state index contributed by atoms with van der Waals surface area (Å²) in [7, 11) is 0. The van der Waals surface area contributed by atoms with Crippen LogP contribution in [0, 0.1) is 0 Å². The first kappa shape index (κ1) is 31.2. The molecule has 0 saturated carbocycles. The van der Waals surface area contributed by atoms with E-state index in [1.807, 2.05) is 0 Å². The van der Waals surface area contributed by atoms with E-state index in [1.54, 1.807) is 40.7 Å². The topological polar surface area (TPSA) is 177 Å². The lowest BCUT2D eigenvalue weighted by molar-refractivity contribution is -0.144. The van der Waals surface area contributed by atoms with Gasteiger partial charge in [-0.15, -0.1) is 0 Å².